The van der Waals surface area contributed by atoms with E-state index < -0.39 is 236 Å². The number of aliphatic hydroxyl groups excluding tert-OH is 3. The molecule has 0 radical (unpaired) electrons. The average Bonchev–Trinajstić information content (AvgIpc) is 0.608. The van der Waals surface area contributed by atoms with Gasteiger partial charge in [-0.15, -0.1) is 0 Å². The molecule has 12 saturated carbocycles. The highest BCUT2D eigenvalue weighted by Crippen LogP contribution is 2.90. The fourth-order valence-electron chi connectivity index (χ4n) is 14.1. The van der Waals surface area contributed by atoms with Crippen molar-refractivity contribution in [3.05, 3.63) is 0 Å². The van der Waals surface area contributed by atoms with E-state index in [2.05, 4.69) is 14.2 Å². The van der Waals surface area contributed by atoms with Crippen LogP contribution in [-0.4, -0.2) is 245 Å². The summed E-state index contributed by atoms with van der Waals surface area (Å²) < 4.78 is 707. The molecular formula is C40H13F45O9. The van der Waals surface area contributed by atoms with E-state index in [-0.39, 0.29) is 0 Å². The maximum absolute atomic E-state index is 16.6. The average molecular weight is 1490 g/mol. The molecule has 94 heavy (non-hydrogen) atoms. The molecule has 0 heterocycles. The second-order valence-corrected chi connectivity index (χ2v) is 22.5. The summed E-state index contributed by atoms with van der Waals surface area (Å²) in [5, 5.41) is 31.6. The summed E-state index contributed by atoms with van der Waals surface area (Å²) in [6.45, 7) is -13.0. The minimum absolute atomic E-state index is 2.52. The fraction of sp³-hybridized carbons (Fsp3) is 0.925. The van der Waals surface area contributed by atoms with Gasteiger partial charge in [-0.2, -0.15) is 132 Å². The molecule has 12 bridgehead atoms. The molecular weight excluding hydrogens is 1480 g/mol. The van der Waals surface area contributed by atoms with Crippen molar-refractivity contribution < 1.29 is 241 Å². The molecule has 3 N–H and O–H groups in total. The molecule has 0 saturated heterocycles. The Balaban J connectivity index is 1.16. The number of aliphatic hydroxyl groups is 3. The maximum Gasteiger partial charge on any atom is 0.397 e. The van der Waals surface area contributed by atoms with Crippen LogP contribution in [0.15, 0.2) is 0 Å². The third-order valence-electron chi connectivity index (χ3n) is 19.0. The zero-order chi connectivity index (χ0) is 74.3. The molecule has 12 fully saturated rings. The summed E-state index contributed by atoms with van der Waals surface area (Å²) in [5.74, 6) is -128. The highest BCUT2D eigenvalue weighted by molar-refractivity contribution is 6.06. The number of carbonyl (C=O) groups excluding carboxylic acids is 3. The fourth-order valence-corrected chi connectivity index (χ4v) is 14.1. The van der Waals surface area contributed by atoms with Gasteiger partial charge in [0.15, 0.2) is 0 Å². The number of hydrogen-bond donors (Lipinski definition) is 3. The molecule has 9 nitrogen and oxygen atoms in total. The maximum atomic E-state index is 16.6. The second kappa shape index (κ2) is 16.6. The lowest BCUT2D eigenvalue weighted by molar-refractivity contribution is -0.555. The van der Waals surface area contributed by atoms with Crippen molar-refractivity contribution in [2.75, 3.05) is 19.8 Å². The van der Waals surface area contributed by atoms with Gasteiger partial charge in [0, 0.05) is 5.92 Å². The van der Waals surface area contributed by atoms with Crippen LogP contribution in [0.5, 0.6) is 0 Å². The molecule has 0 amide bonds. The predicted octanol–water partition coefficient (Wildman–Crippen LogP) is 9.59. The van der Waals surface area contributed by atoms with Crippen LogP contribution in [0.3, 0.4) is 0 Å². The first kappa shape index (κ1) is 73.9. The number of Topliss-reactive ketones (excluding diaryl/α,β-unsaturated/α-hetero) is 3. The van der Waals surface area contributed by atoms with Gasteiger partial charge in [-0.1, -0.05) is 0 Å². The SMILES string of the molecule is O=C1C2(F)C(F)(F)C3(F)C(F)(F)C1(F)C(F)(C(F)(F)OCC(O)C(C(O)COC(F)(F)C1(F)C4(F)C(=O)C5(F)C(F)(F)C(F)(C4(F)F)C(F)(F)C1(F)C5(F)F)C(O)COC(F)(F)C1(F)C4(F)C(=O)C5(F)C(F)(F)C(F)(C4(F)F)C(F)(F)C1(F)C5(F)F)C(F)(C2(F)F)C3(F)F. The van der Waals surface area contributed by atoms with Gasteiger partial charge >= 0.3 is 123 Å². The molecule has 12 rings (SSSR count). The highest BCUT2D eigenvalue weighted by Gasteiger charge is 3.25. The minimum atomic E-state index is -9.09. The van der Waals surface area contributed by atoms with Gasteiger partial charge in [-0.25, -0.2) is 65.9 Å². The van der Waals surface area contributed by atoms with Crippen LogP contribution in [0.25, 0.3) is 0 Å². The quantitative estimate of drug-likeness (QED) is 0.137. The molecule has 12 aliphatic rings. The lowest BCUT2D eigenvalue weighted by Crippen LogP contribution is -3.08. The summed E-state index contributed by atoms with van der Waals surface area (Å²) in [4.78, 5) is 37.2. The van der Waals surface area contributed by atoms with Crippen molar-refractivity contribution in [3.63, 3.8) is 0 Å². The Hall–Kier alpha value is -4.38. The molecule has 542 valence electrons. The Bertz CT molecular complexity index is 3060. The molecule has 0 aromatic heterocycles. The van der Waals surface area contributed by atoms with E-state index in [0.29, 0.717) is 0 Å². The number of ketones is 3. The Labute approximate surface area is 478 Å². The number of rotatable bonds is 15. The van der Waals surface area contributed by atoms with Crippen LogP contribution in [0.1, 0.15) is 0 Å². The zero-order valence-electron chi connectivity index (χ0n) is 41.7. The highest BCUT2D eigenvalue weighted by atomic mass is 19.4. The molecule has 0 aliphatic heterocycles. The summed E-state index contributed by atoms with van der Waals surface area (Å²) in [6.07, 6.45) is -41.9. The van der Waals surface area contributed by atoms with Gasteiger partial charge in [0.1, 0.15) is 0 Å². The smallest absolute Gasteiger partial charge is 0.390 e. The van der Waals surface area contributed by atoms with Crippen molar-refractivity contribution in [1.82, 2.24) is 0 Å². The van der Waals surface area contributed by atoms with Crippen molar-refractivity contribution in [1.29, 1.82) is 0 Å². The second-order valence-electron chi connectivity index (χ2n) is 22.5. The molecule has 18 unspecified atom stereocenters. The monoisotopic (exact) mass is 1490 g/mol. The number of hydrogen-bond acceptors (Lipinski definition) is 9. The van der Waals surface area contributed by atoms with Crippen molar-refractivity contribution in [2.45, 2.75) is 193 Å². The topological polar surface area (TPSA) is 140 Å². The number of alkyl halides is 45. The van der Waals surface area contributed by atoms with Crippen LogP contribution in [0.2, 0.25) is 0 Å². The Kier molecular flexibility index (Phi) is 13.0. The molecule has 0 aromatic rings. The van der Waals surface area contributed by atoms with E-state index in [9.17, 15) is 56.0 Å². The van der Waals surface area contributed by atoms with Crippen molar-refractivity contribution in [3.8, 4) is 0 Å². The largest absolute Gasteiger partial charge is 0.397 e. The van der Waals surface area contributed by atoms with Crippen LogP contribution >= 0.6 is 0 Å². The van der Waals surface area contributed by atoms with Crippen LogP contribution < -0.4 is 0 Å². The van der Waals surface area contributed by atoms with Crippen LogP contribution in [0, 0.1) is 5.92 Å². The van der Waals surface area contributed by atoms with E-state index in [4.69, 9.17) is 0 Å². The van der Waals surface area contributed by atoms with Gasteiger partial charge < -0.3 is 29.5 Å². The molecule has 12 aliphatic carbocycles. The Morgan fingerprint density at radius 2 is 0.383 bits per heavy atom. The predicted molar refractivity (Wildman–Crippen MR) is 186 cm³/mol. The van der Waals surface area contributed by atoms with Gasteiger partial charge in [0.05, 0.1) is 38.1 Å². The number of ether oxygens (including phenoxy) is 3. The minimum Gasteiger partial charge on any atom is -0.390 e. The van der Waals surface area contributed by atoms with Gasteiger partial charge in [-0.05, 0) is 0 Å². The van der Waals surface area contributed by atoms with E-state index in [1.54, 1.807) is 0 Å². The lowest BCUT2D eigenvalue weighted by atomic mass is 9.38. The summed E-state index contributed by atoms with van der Waals surface area (Å²) in [6, 6.07) is 0. The number of halogens is 45. The van der Waals surface area contributed by atoms with E-state index in [1.165, 1.54) is 0 Å². The van der Waals surface area contributed by atoms with Crippen molar-refractivity contribution >= 4 is 17.3 Å². The first-order chi connectivity index (χ1) is 40.7. The first-order valence-electron chi connectivity index (χ1n) is 23.3. The molecule has 0 aromatic carbocycles. The third-order valence-corrected chi connectivity index (χ3v) is 19.0. The lowest BCUT2D eigenvalue weighted by Gasteiger charge is -2.72. The Morgan fingerprint density at radius 3 is 0.543 bits per heavy atom. The van der Waals surface area contributed by atoms with Crippen LogP contribution in [0.4, 0.5) is 198 Å². The molecule has 0 spiro atoms. The number of carbonyl (C=O) groups is 3. The summed E-state index contributed by atoms with van der Waals surface area (Å²) in [5.41, 5.74) is -131. The van der Waals surface area contributed by atoms with E-state index >= 15 is 171 Å². The standard InChI is InChI=1S/C40H13F45O9/c41-11-8(89)14(44)29(62,63)20(50,35(74,75)23(53,26(11,56)57)32(14,68)69)17(11,47)38(80,81)92-1-4(86)7(5(87)2-93-39(82,83)18(48)12(42)9(90)15(45)30(64,65)21(18,51)36(76,77)24(54,27(12,58)59)33(15,70)71)6(88)3-94-40(84,85)19(49)13(43)10(91)16(46)31(66,67)22(19,52)37(78,79)25(55,28(13,60)61)34(16,72)73/h4-7,86-88H,1-3H2. The van der Waals surface area contributed by atoms with Gasteiger partial charge in [0.2, 0.25) is 17.3 Å². The van der Waals surface area contributed by atoms with E-state index in [1.807, 2.05) is 0 Å². The van der Waals surface area contributed by atoms with Gasteiger partial charge in [-0.3, -0.25) is 14.4 Å². The Morgan fingerprint density at radius 1 is 0.245 bits per heavy atom. The van der Waals surface area contributed by atoms with Crippen molar-refractivity contribution in [2.24, 2.45) is 5.92 Å². The molecule has 54 heteroatoms. The summed E-state index contributed by atoms with van der Waals surface area (Å²) in [7, 11) is 0. The third kappa shape index (κ3) is 5.11. The van der Waals surface area contributed by atoms with E-state index in [0.717, 1.165) is 0 Å². The normalized spacial score (nSPS) is 50.2. The van der Waals surface area contributed by atoms with Gasteiger partial charge in [0.25, 0.3) is 51.0 Å². The van der Waals surface area contributed by atoms with Crippen LogP contribution in [-0.2, 0) is 28.6 Å². The molecule has 18 atom stereocenters. The summed E-state index contributed by atoms with van der Waals surface area (Å²) >= 11 is 0. The zero-order valence-corrected chi connectivity index (χ0v) is 41.7. The first-order valence-corrected chi connectivity index (χ1v) is 23.3.